The van der Waals surface area contributed by atoms with E-state index in [1.165, 1.54) is 0 Å². The predicted molar refractivity (Wildman–Crippen MR) is 117 cm³/mol. The van der Waals surface area contributed by atoms with Gasteiger partial charge >= 0.3 is 0 Å². The second-order valence-corrected chi connectivity index (χ2v) is 6.79. The summed E-state index contributed by atoms with van der Waals surface area (Å²) in [5.74, 6) is -0.0187. The van der Waals surface area contributed by atoms with Crippen LogP contribution in [0.5, 0.6) is 0 Å². The summed E-state index contributed by atoms with van der Waals surface area (Å²) in [6.45, 7) is 2.71. The van der Waals surface area contributed by atoms with Crippen LogP contribution in [0.2, 0.25) is 0 Å². The number of rotatable bonds is 9. The number of benzene rings is 2. The number of carbonyl (C=O) groups excluding carboxylic acids is 1. The normalized spacial score (nSPS) is 13.7. The molecule has 0 aliphatic carbocycles. The van der Waals surface area contributed by atoms with E-state index in [2.05, 4.69) is 11.0 Å². The quantitative estimate of drug-likeness (QED) is 0.654. The van der Waals surface area contributed by atoms with Gasteiger partial charge in [-0.1, -0.05) is 54.6 Å². The Morgan fingerprint density at radius 1 is 0.931 bits per heavy atom. The van der Waals surface area contributed by atoms with E-state index in [1.54, 1.807) is 19.1 Å². The first-order valence-electron chi connectivity index (χ1n) is 9.81. The topological polar surface area (TPSA) is 42.0 Å². The Hall–Kier alpha value is -2.89. The third kappa shape index (κ3) is 5.34. The summed E-state index contributed by atoms with van der Waals surface area (Å²) in [7, 11) is 3.29. The molecule has 0 bridgehead atoms. The molecule has 0 N–H and O–H groups in total. The van der Waals surface area contributed by atoms with Crippen molar-refractivity contribution in [1.82, 2.24) is 4.90 Å². The van der Waals surface area contributed by atoms with Crippen LogP contribution in [-0.2, 0) is 14.3 Å². The van der Waals surface area contributed by atoms with Crippen LogP contribution in [0.25, 0.3) is 5.57 Å². The number of anilines is 1. The van der Waals surface area contributed by atoms with Crippen molar-refractivity contribution < 1.29 is 14.3 Å². The number of nitrogens with zero attached hydrogens (tertiary/aromatic N) is 2. The summed E-state index contributed by atoms with van der Waals surface area (Å²) in [6, 6.07) is 20.2. The molecular weight excluding hydrogens is 364 g/mol. The van der Waals surface area contributed by atoms with Crippen molar-refractivity contribution in [3.63, 3.8) is 0 Å². The van der Waals surface area contributed by atoms with Gasteiger partial charge in [0.25, 0.3) is 5.91 Å². The molecular formula is C24H28N2O3. The van der Waals surface area contributed by atoms with Crippen molar-refractivity contribution >= 4 is 17.2 Å². The maximum absolute atomic E-state index is 13.5. The molecule has 2 aromatic carbocycles. The zero-order valence-electron chi connectivity index (χ0n) is 17.1. The number of ether oxygens (including phenoxy) is 2. The maximum Gasteiger partial charge on any atom is 0.256 e. The van der Waals surface area contributed by atoms with Gasteiger partial charge in [0.15, 0.2) is 0 Å². The van der Waals surface area contributed by atoms with Gasteiger partial charge in [0.1, 0.15) is 0 Å². The van der Waals surface area contributed by atoms with E-state index >= 15 is 0 Å². The van der Waals surface area contributed by atoms with Gasteiger partial charge in [-0.2, -0.15) is 0 Å². The van der Waals surface area contributed by atoms with Gasteiger partial charge in [-0.15, -0.1) is 0 Å². The van der Waals surface area contributed by atoms with Crippen LogP contribution >= 0.6 is 0 Å². The zero-order chi connectivity index (χ0) is 20.5. The molecule has 5 heteroatoms. The average Bonchev–Trinajstić information content (AvgIpc) is 2.79. The highest BCUT2D eigenvalue weighted by Gasteiger charge is 2.25. The molecule has 1 aliphatic heterocycles. The molecule has 2 aromatic rings. The molecule has 5 nitrogen and oxygen atoms in total. The Kier molecular flexibility index (Phi) is 7.61. The summed E-state index contributed by atoms with van der Waals surface area (Å²) < 4.78 is 10.4. The van der Waals surface area contributed by atoms with Gasteiger partial charge < -0.3 is 19.3 Å². The third-order valence-electron chi connectivity index (χ3n) is 4.89. The predicted octanol–water partition coefficient (Wildman–Crippen LogP) is 3.60. The molecule has 152 valence electrons. The van der Waals surface area contributed by atoms with Crippen molar-refractivity contribution in [1.29, 1.82) is 0 Å². The van der Waals surface area contributed by atoms with Gasteiger partial charge in [0.2, 0.25) is 0 Å². The van der Waals surface area contributed by atoms with Crippen LogP contribution in [-0.4, -0.2) is 57.9 Å². The molecule has 1 amide bonds. The highest BCUT2D eigenvalue weighted by molar-refractivity contribution is 6.10. The Balaban J connectivity index is 1.95. The minimum atomic E-state index is -0.0187. The van der Waals surface area contributed by atoms with Gasteiger partial charge in [0, 0.05) is 45.7 Å². The molecule has 0 saturated heterocycles. The molecule has 3 rings (SSSR count). The lowest BCUT2D eigenvalue weighted by Crippen LogP contribution is -2.39. The van der Waals surface area contributed by atoms with Gasteiger partial charge in [-0.05, 0) is 23.3 Å². The van der Waals surface area contributed by atoms with Crippen molar-refractivity contribution in [2.24, 2.45) is 0 Å². The molecule has 0 aromatic heterocycles. The maximum atomic E-state index is 13.5. The lowest BCUT2D eigenvalue weighted by molar-refractivity contribution is -0.128. The molecule has 29 heavy (non-hydrogen) atoms. The fourth-order valence-electron chi connectivity index (χ4n) is 3.33. The fraction of sp³-hybridized carbons (Fsp3) is 0.292. The molecule has 1 aliphatic rings. The van der Waals surface area contributed by atoms with Gasteiger partial charge in [-0.3, -0.25) is 4.79 Å². The SMILES string of the molecule is COCCN(CCOC)C(=O)C1=CN(c2ccccc2)CC=C1c1ccccc1. The van der Waals surface area contributed by atoms with Crippen LogP contribution in [0, 0.1) is 0 Å². The lowest BCUT2D eigenvalue weighted by atomic mass is 9.94. The van der Waals surface area contributed by atoms with Crippen LogP contribution in [0.15, 0.2) is 78.5 Å². The van der Waals surface area contributed by atoms with Gasteiger partial charge in [-0.25, -0.2) is 0 Å². The number of para-hydroxylation sites is 1. The van der Waals surface area contributed by atoms with E-state index in [1.807, 2.05) is 66.9 Å². The van der Waals surface area contributed by atoms with E-state index in [-0.39, 0.29) is 5.91 Å². The number of methoxy groups -OCH3 is 2. The van der Waals surface area contributed by atoms with Crippen molar-refractivity contribution in [3.8, 4) is 0 Å². The van der Waals surface area contributed by atoms with E-state index < -0.39 is 0 Å². The largest absolute Gasteiger partial charge is 0.383 e. The minimum Gasteiger partial charge on any atom is -0.383 e. The van der Waals surface area contributed by atoms with E-state index in [0.29, 0.717) is 38.4 Å². The highest BCUT2D eigenvalue weighted by Crippen LogP contribution is 2.30. The lowest BCUT2D eigenvalue weighted by Gasteiger charge is -2.30. The Morgan fingerprint density at radius 2 is 1.52 bits per heavy atom. The van der Waals surface area contributed by atoms with E-state index in [0.717, 1.165) is 16.8 Å². The monoisotopic (exact) mass is 392 g/mol. The third-order valence-corrected chi connectivity index (χ3v) is 4.89. The number of hydrogen-bond donors (Lipinski definition) is 0. The standard InChI is InChI=1S/C24H28N2O3/c1-28-17-15-25(16-18-29-2)24(27)23-19-26(21-11-7-4-8-12-21)14-13-22(23)20-9-5-3-6-10-20/h3-13,19H,14-18H2,1-2H3. The second-order valence-electron chi connectivity index (χ2n) is 6.79. The van der Waals surface area contributed by atoms with E-state index in [4.69, 9.17) is 9.47 Å². The first-order valence-corrected chi connectivity index (χ1v) is 9.81. The summed E-state index contributed by atoms with van der Waals surface area (Å²) in [4.78, 5) is 17.4. The molecule has 0 atom stereocenters. The number of hydrogen-bond acceptors (Lipinski definition) is 4. The Labute approximate surface area is 172 Å². The molecule has 0 saturated carbocycles. The molecule has 0 radical (unpaired) electrons. The van der Waals surface area contributed by atoms with Crippen LogP contribution in [0.1, 0.15) is 5.56 Å². The highest BCUT2D eigenvalue weighted by atomic mass is 16.5. The second kappa shape index (κ2) is 10.6. The van der Waals surface area contributed by atoms with Gasteiger partial charge in [0.05, 0.1) is 18.8 Å². The number of amides is 1. The first-order chi connectivity index (χ1) is 14.2. The summed E-state index contributed by atoms with van der Waals surface area (Å²) >= 11 is 0. The molecule has 1 heterocycles. The smallest absolute Gasteiger partial charge is 0.256 e. The summed E-state index contributed by atoms with van der Waals surface area (Å²) in [6.07, 6.45) is 4.09. The van der Waals surface area contributed by atoms with Crippen molar-refractivity contribution in [3.05, 3.63) is 84.1 Å². The summed E-state index contributed by atoms with van der Waals surface area (Å²) in [5.41, 5.74) is 3.74. The molecule has 0 unspecified atom stereocenters. The summed E-state index contributed by atoms with van der Waals surface area (Å²) in [5, 5.41) is 0. The van der Waals surface area contributed by atoms with Crippen LogP contribution in [0.4, 0.5) is 5.69 Å². The van der Waals surface area contributed by atoms with Crippen molar-refractivity contribution in [2.75, 3.05) is 52.0 Å². The molecule has 0 fully saturated rings. The molecule has 0 spiro atoms. The Bertz CT molecular complexity index is 839. The van der Waals surface area contributed by atoms with Crippen LogP contribution in [0.3, 0.4) is 0 Å². The Morgan fingerprint density at radius 3 is 2.10 bits per heavy atom. The number of carbonyl (C=O) groups is 1. The average molecular weight is 392 g/mol. The van der Waals surface area contributed by atoms with Crippen molar-refractivity contribution in [2.45, 2.75) is 0 Å². The van der Waals surface area contributed by atoms with Crippen LogP contribution < -0.4 is 4.90 Å². The minimum absolute atomic E-state index is 0.0187. The van der Waals surface area contributed by atoms with E-state index in [9.17, 15) is 4.79 Å². The fourth-order valence-corrected chi connectivity index (χ4v) is 3.33. The first kappa shape index (κ1) is 20.8. The zero-order valence-corrected chi connectivity index (χ0v) is 17.1.